The summed E-state index contributed by atoms with van der Waals surface area (Å²) >= 11 is 0. The van der Waals surface area contributed by atoms with E-state index in [1.807, 2.05) is 20.8 Å². The fourth-order valence-electron chi connectivity index (χ4n) is 1.47. The van der Waals surface area contributed by atoms with E-state index < -0.39 is 0 Å². The molecule has 104 valence electrons. The van der Waals surface area contributed by atoms with Gasteiger partial charge in [0.1, 0.15) is 5.69 Å². The maximum Gasteiger partial charge on any atom is 0.269 e. The molecule has 19 heavy (non-hydrogen) atoms. The van der Waals surface area contributed by atoms with Crippen LogP contribution in [0.15, 0.2) is 18.3 Å². The second-order valence-electron chi connectivity index (χ2n) is 4.36. The lowest BCUT2D eigenvalue weighted by Crippen LogP contribution is -2.34. The lowest BCUT2D eigenvalue weighted by atomic mass is 10.3. The zero-order chi connectivity index (χ0) is 14.3. The molecule has 6 nitrogen and oxygen atoms in total. The normalized spacial score (nSPS) is 10.1. The van der Waals surface area contributed by atoms with Crippen LogP contribution >= 0.6 is 0 Å². The average Bonchev–Trinajstić information content (AvgIpc) is 2.36. The van der Waals surface area contributed by atoms with Gasteiger partial charge < -0.3 is 16.0 Å². The third-order valence-electron chi connectivity index (χ3n) is 2.23. The Morgan fingerprint density at radius 1 is 1.37 bits per heavy atom. The summed E-state index contributed by atoms with van der Waals surface area (Å²) in [6.07, 6.45) is 1.53. The van der Waals surface area contributed by atoms with Crippen LogP contribution in [0, 0.1) is 0 Å². The van der Waals surface area contributed by atoms with Crippen molar-refractivity contribution in [3.8, 4) is 0 Å². The summed E-state index contributed by atoms with van der Waals surface area (Å²) in [6.45, 7) is 6.36. The largest absolute Gasteiger partial charge is 0.376 e. The number of amides is 2. The number of hydrogen-bond acceptors (Lipinski definition) is 4. The van der Waals surface area contributed by atoms with Gasteiger partial charge in [0.25, 0.3) is 5.91 Å². The highest BCUT2D eigenvalue weighted by atomic mass is 16.2. The molecule has 0 unspecified atom stereocenters. The summed E-state index contributed by atoms with van der Waals surface area (Å²) in [7, 11) is 0. The molecule has 0 atom stereocenters. The molecule has 0 aliphatic heterocycles. The second-order valence-corrected chi connectivity index (χ2v) is 4.36. The van der Waals surface area contributed by atoms with Gasteiger partial charge in [-0.05, 0) is 32.9 Å². The van der Waals surface area contributed by atoms with Gasteiger partial charge in [-0.25, -0.2) is 0 Å². The first-order chi connectivity index (χ1) is 9.02. The van der Waals surface area contributed by atoms with Gasteiger partial charge >= 0.3 is 0 Å². The molecule has 1 rings (SSSR count). The SMILES string of the molecule is CCNC(=O)c1cc(NCC(=O)NC(C)C)ccn1. The molecule has 3 N–H and O–H groups in total. The van der Waals surface area contributed by atoms with Crippen LogP contribution < -0.4 is 16.0 Å². The molecule has 0 spiro atoms. The molecule has 1 aromatic heterocycles. The van der Waals surface area contributed by atoms with Gasteiger partial charge in [-0.3, -0.25) is 14.6 Å². The van der Waals surface area contributed by atoms with E-state index >= 15 is 0 Å². The zero-order valence-electron chi connectivity index (χ0n) is 11.5. The molecule has 0 aliphatic carbocycles. The highest BCUT2D eigenvalue weighted by Crippen LogP contribution is 2.07. The number of carbonyl (C=O) groups is 2. The van der Waals surface area contributed by atoms with Gasteiger partial charge in [0.15, 0.2) is 0 Å². The molecule has 0 saturated carbocycles. The smallest absolute Gasteiger partial charge is 0.269 e. The van der Waals surface area contributed by atoms with Crippen molar-refractivity contribution in [1.82, 2.24) is 15.6 Å². The van der Waals surface area contributed by atoms with Crippen LogP contribution in [0.2, 0.25) is 0 Å². The van der Waals surface area contributed by atoms with Crippen LogP contribution in [-0.4, -0.2) is 35.9 Å². The second kappa shape index (κ2) is 7.35. The van der Waals surface area contributed by atoms with Gasteiger partial charge in [0.2, 0.25) is 5.91 Å². The van der Waals surface area contributed by atoms with Gasteiger partial charge in [-0.2, -0.15) is 0 Å². The minimum Gasteiger partial charge on any atom is -0.376 e. The molecular weight excluding hydrogens is 244 g/mol. The van der Waals surface area contributed by atoms with Crippen molar-refractivity contribution in [3.63, 3.8) is 0 Å². The highest BCUT2D eigenvalue weighted by Gasteiger charge is 2.07. The van der Waals surface area contributed by atoms with Crippen LogP contribution in [0.25, 0.3) is 0 Å². The Morgan fingerprint density at radius 3 is 2.74 bits per heavy atom. The van der Waals surface area contributed by atoms with Crippen molar-refractivity contribution in [2.24, 2.45) is 0 Å². The molecular formula is C13H20N4O2. The monoisotopic (exact) mass is 264 g/mol. The number of anilines is 1. The Kier molecular flexibility index (Phi) is 5.78. The minimum atomic E-state index is -0.224. The third kappa shape index (κ3) is 5.37. The van der Waals surface area contributed by atoms with E-state index in [-0.39, 0.29) is 24.4 Å². The van der Waals surface area contributed by atoms with Gasteiger partial charge in [0, 0.05) is 24.5 Å². The quantitative estimate of drug-likeness (QED) is 0.708. The van der Waals surface area contributed by atoms with Crippen molar-refractivity contribution >= 4 is 17.5 Å². The number of aromatic nitrogens is 1. The lowest BCUT2D eigenvalue weighted by Gasteiger charge is -2.10. The molecule has 1 aromatic rings. The summed E-state index contributed by atoms with van der Waals surface area (Å²) in [4.78, 5) is 27.1. The van der Waals surface area contributed by atoms with Crippen LogP contribution in [-0.2, 0) is 4.79 Å². The number of pyridine rings is 1. The predicted molar refractivity (Wildman–Crippen MR) is 74.0 cm³/mol. The van der Waals surface area contributed by atoms with Crippen molar-refractivity contribution in [2.45, 2.75) is 26.8 Å². The van der Waals surface area contributed by atoms with E-state index in [1.165, 1.54) is 6.20 Å². The van der Waals surface area contributed by atoms with E-state index in [0.29, 0.717) is 17.9 Å². The Labute approximate surface area is 113 Å². The van der Waals surface area contributed by atoms with Gasteiger partial charge in [-0.15, -0.1) is 0 Å². The summed E-state index contributed by atoms with van der Waals surface area (Å²) in [5.41, 5.74) is 1.02. The number of hydrogen-bond donors (Lipinski definition) is 3. The molecule has 0 radical (unpaired) electrons. The molecule has 0 bridgehead atoms. The zero-order valence-corrected chi connectivity index (χ0v) is 11.5. The molecule has 0 aromatic carbocycles. The van der Waals surface area contributed by atoms with Crippen LogP contribution in [0.5, 0.6) is 0 Å². The summed E-state index contributed by atoms with van der Waals surface area (Å²) in [5, 5.41) is 8.40. The van der Waals surface area contributed by atoms with E-state index in [2.05, 4.69) is 20.9 Å². The van der Waals surface area contributed by atoms with Gasteiger partial charge in [-0.1, -0.05) is 0 Å². The molecule has 0 fully saturated rings. The van der Waals surface area contributed by atoms with Gasteiger partial charge in [0.05, 0.1) is 6.54 Å². The first kappa shape index (κ1) is 14.9. The average molecular weight is 264 g/mol. The number of rotatable bonds is 6. The summed E-state index contributed by atoms with van der Waals surface area (Å²) < 4.78 is 0. The molecule has 1 heterocycles. The summed E-state index contributed by atoms with van der Waals surface area (Å²) in [6, 6.07) is 3.44. The van der Waals surface area contributed by atoms with Crippen LogP contribution in [0.3, 0.4) is 0 Å². The third-order valence-corrected chi connectivity index (χ3v) is 2.23. The fourth-order valence-corrected chi connectivity index (χ4v) is 1.47. The van der Waals surface area contributed by atoms with E-state index in [0.717, 1.165) is 0 Å². The highest BCUT2D eigenvalue weighted by molar-refractivity contribution is 5.93. The first-order valence-corrected chi connectivity index (χ1v) is 6.30. The fraction of sp³-hybridized carbons (Fsp3) is 0.462. The first-order valence-electron chi connectivity index (χ1n) is 6.30. The Bertz CT molecular complexity index is 446. The molecule has 2 amide bonds. The van der Waals surface area contributed by atoms with Crippen molar-refractivity contribution < 1.29 is 9.59 Å². The lowest BCUT2D eigenvalue weighted by molar-refractivity contribution is -0.119. The number of nitrogens with one attached hydrogen (secondary N) is 3. The van der Waals surface area contributed by atoms with Crippen molar-refractivity contribution in [1.29, 1.82) is 0 Å². The van der Waals surface area contributed by atoms with E-state index in [9.17, 15) is 9.59 Å². The summed E-state index contributed by atoms with van der Waals surface area (Å²) in [5.74, 6) is -0.316. The van der Waals surface area contributed by atoms with E-state index in [1.54, 1.807) is 12.1 Å². The van der Waals surface area contributed by atoms with Crippen molar-refractivity contribution in [2.75, 3.05) is 18.4 Å². The van der Waals surface area contributed by atoms with Crippen LogP contribution in [0.4, 0.5) is 5.69 Å². The topological polar surface area (TPSA) is 83.1 Å². The maximum absolute atomic E-state index is 11.6. The molecule has 6 heteroatoms. The van der Waals surface area contributed by atoms with Crippen LogP contribution in [0.1, 0.15) is 31.3 Å². The Morgan fingerprint density at radius 2 is 2.11 bits per heavy atom. The van der Waals surface area contributed by atoms with E-state index in [4.69, 9.17) is 0 Å². The Hall–Kier alpha value is -2.11. The number of carbonyl (C=O) groups excluding carboxylic acids is 2. The molecule has 0 aliphatic rings. The Balaban J connectivity index is 2.57. The maximum atomic E-state index is 11.6. The number of nitrogens with zero attached hydrogens (tertiary/aromatic N) is 1. The minimum absolute atomic E-state index is 0.0913. The molecule has 0 saturated heterocycles. The standard InChI is InChI=1S/C13H20N4O2/c1-4-14-13(19)11-7-10(5-6-15-11)16-8-12(18)17-9(2)3/h5-7,9H,4,8H2,1-3H3,(H,14,19)(H,15,16)(H,17,18). The van der Waals surface area contributed by atoms with Crippen molar-refractivity contribution in [3.05, 3.63) is 24.0 Å². The predicted octanol–water partition coefficient (Wildman–Crippen LogP) is 0.768.